The van der Waals surface area contributed by atoms with E-state index in [-0.39, 0.29) is 5.82 Å². The highest BCUT2D eigenvalue weighted by Crippen LogP contribution is 2.16. The third-order valence-electron chi connectivity index (χ3n) is 3.92. The lowest BCUT2D eigenvalue weighted by Crippen LogP contribution is -2.28. The van der Waals surface area contributed by atoms with E-state index < -0.39 is 0 Å². The summed E-state index contributed by atoms with van der Waals surface area (Å²) < 4.78 is 12.9. The van der Waals surface area contributed by atoms with Crippen LogP contribution in [0.5, 0.6) is 0 Å². The van der Waals surface area contributed by atoms with Crippen molar-refractivity contribution in [2.24, 2.45) is 0 Å². The van der Waals surface area contributed by atoms with Gasteiger partial charge in [0.2, 0.25) is 0 Å². The monoisotopic (exact) mass is 285 g/mol. The first-order valence-electron chi connectivity index (χ1n) is 7.50. The van der Waals surface area contributed by atoms with E-state index in [9.17, 15) is 4.39 Å². The lowest BCUT2D eigenvalue weighted by molar-refractivity contribution is 0.542. The number of hydrogen-bond acceptors (Lipinski definition) is 1. The van der Waals surface area contributed by atoms with Crippen molar-refractivity contribution in [3.05, 3.63) is 70.0 Å². The molecule has 2 aromatic carbocycles. The van der Waals surface area contributed by atoms with Crippen molar-refractivity contribution < 1.29 is 4.39 Å². The van der Waals surface area contributed by atoms with Crippen molar-refractivity contribution in [1.82, 2.24) is 5.32 Å². The third-order valence-corrected chi connectivity index (χ3v) is 3.92. The van der Waals surface area contributed by atoms with Crippen molar-refractivity contribution in [1.29, 1.82) is 0 Å². The Hall–Kier alpha value is -1.67. The van der Waals surface area contributed by atoms with Crippen molar-refractivity contribution in [3.8, 4) is 0 Å². The molecule has 2 heteroatoms. The van der Waals surface area contributed by atoms with E-state index in [2.05, 4.69) is 45.1 Å². The fraction of sp³-hybridized carbons (Fsp3) is 0.368. The van der Waals surface area contributed by atoms with Crippen LogP contribution in [-0.2, 0) is 13.0 Å². The molecule has 0 fully saturated rings. The minimum absolute atomic E-state index is 0.176. The van der Waals surface area contributed by atoms with Gasteiger partial charge < -0.3 is 5.32 Å². The summed E-state index contributed by atoms with van der Waals surface area (Å²) >= 11 is 0. The Morgan fingerprint density at radius 2 is 1.57 bits per heavy atom. The summed E-state index contributed by atoms with van der Waals surface area (Å²) in [4.78, 5) is 0. The smallest absolute Gasteiger partial charge is 0.123 e. The first-order chi connectivity index (χ1) is 9.95. The van der Waals surface area contributed by atoms with Crippen LogP contribution in [0.15, 0.2) is 36.4 Å². The lowest BCUT2D eigenvalue weighted by atomic mass is 9.99. The molecule has 1 atom stereocenters. The quantitative estimate of drug-likeness (QED) is 0.854. The van der Waals surface area contributed by atoms with Gasteiger partial charge in [-0.3, -0.25) is 0 Å². The molecule has 21 heavy (non-hydrogen) atoms. The number of rotatable bonds is 5. The van der Waals surface area contributed by atoms with Crippen molar-refractivity contribution in [2.75, 3.05) is 0 Å². The maximum Gasteiger partial charge on any atom is 0.123 e. The lowest BCUT2D eigenvalue weighted by Gasteiger charge is -2.17. The second kappa shape index (κ2) is 6.86. The second-order valence-electron chi connectivity index (χ2n) is 5.99. The van der Waals surface area contributed by atoms with Crippen LogP contribution in [-0.4, -0.2) is 6.04 Å². The minimum atomic E-state index is -0.176. The Bertz CT molecular complexity index is 578. The van der Waals surface area contributed by atoms with Gasteiger partial charge >= 0.3 is 0 Å². The van der Waals surface area contributed by atoms with Crippen LogP contribution < -0.4 is 5.32 Å². The molecular formula is C19H24FN. The van der Waals surface area contributed by atoms with Crippen LogP contribution in [0.1, 0.15) is 34.7 Å². The van der Waals surface area contributed by atoms with Gasteiger partial charge in [0.1, 0.15) is 5.82 Å². The van der Waals surface area contributed by atoms with Crippen LogP contribution in [0.4, 0.5) is 4.39 Å². The highest BCUT2D eigenvalue weighted by molar-refractivity contribution is 5.37. The summed E-state index contributed by atoms with van der Waals surface area (Å²) in [6.07, 6.45) is 0.907. The molecule has 0 aliphatic rings. The normalized spacial score (nSPS) is 12.4. The summed E-state index contributed by atoms with van der Waals surface area (Å²) in [5.41, 5.74) is 6.54. The summed E-state index contributed by atoms with van der Waals surface area (Å²) in [7, 11) is 0. The molecule has 0 radical (unpaired) electrons. The van der Waals surface area contributed by atoms with Crippen molar-refractivity contribution in [2.45, 2.75) is 46.7 Å². The molecule has 2 aromatic rings. The topological polar surface area (TPSA) is 12.0 Å². The van der Waals surface area contributed by atoms with Crippen LogP contribution in [0.2, 0.25) is 0 Å². The molecule has 0 bridgehead atoms. The summed E-state index contributed by atoms with van der Waals surface area (Å²) in [5.74, 6) is -0.176. The highest BCUT2D eigenvalue weighted by Gasteiger charge is 2.07. The van der Waals surface area contributed by atoms with E-state index >= 15 is 0 Å². The first kappa shape index (κ1) is 15.7. The van der Waals surface area contributed by atoms with Gasteiger partial charge in [-0.2, -0.15) is 0 Å². The zero-order valence-corrected chi connectivity index (χ0v) is 13.3. The molecule has 0 saturated heterocycles. The Kier molecular flexibility index (Phi) is 5.13. The number of nitrogens with one attached hydrogen (secondary N) is 1. The van der Waals surface area contributed by atoms with Gasteiger partial charge in [0.05, 0.1) is 0 Å². The van der Waals surface area contributed by atoms with Crippen molar-refractivity contribution >= 4 is 0 Å². The number of hydrogen-bond donors (Lipinski definition) is 1. The average Bonchev–Trinajstić information content (AvgIpc) is 2.40. The molecule has 0 aliphatic heterocycles. The van der Waals surface area contributed by atoms with Gasteiger partial charge in [0.15, 0.2) is 0 Å². The summed E-state index contributed by atoms with van der Waals surface area (Å²) in [6.45, 7) is 9.51. The van der Waals surface area contributed by atoms with E-state index in [1.807, 2.05) is 12.1 Å². The van der Waals surface area contributed by atoms with Crippen LogP contribution in [0.3, 0.4) is 0 Å². The number of aryl methyl sites for hydroxylation is 3. The molecule has 112 valence electrons. The molecule has 1 nitrogen and oxygen atoms in total. The molecule has 0 saturated carbocycles. The van der Waals surface area contributed by atoms with E-state index in [0.29, 0.717) is 6.04 Å². The van der Waals surface area contributed by atoms with Gasteiger partial charge in [-0.15, -0.1) is 0 Å². The summed E-state index contributed by atoms with van der Waals surface area (Å²) in [5, 5.41) is 3.57. The third kappa shape index (κ3) is 4.40. The van der Waals surface area contributed by atoms with Gasteiger partial charge in [-0.05, 0) is 68.5 Å². The maximum absolute atomic E-state index is 12.9. The fourth-order valence-electron chi connectivity index (χ4n) is 2.81. The standard InChI is InChI=1S/C19H24FN/c1-13-9-14(2)19(15(3)10-13)12-21-16(4)11-17-5-7-18(20)8-6-17/h5-10,16,21H,11-12H2,1-4H3. The van der Waals surface area contributed by atoms with E-state index in [0.717, 1.165) is 18.5 Å². The molecule has 0 spiro atoms. The maximum atomic E-state index is 12.9. The molecule has 0 aliphatic carbocycles. The first-order valence-corrected chi connectivity index (χ1v) is 7.50. The van der Waals surface area contributed by atoms with Gasteiger partial charge in [0.25, 0.3) is 0 Å². The van der Waals surface area contributed by atoms with E-state index in [4.69, 9.17) is 0 Å². The van der Waals surface area contributed by atoms with E-state index in [1.54, 1.807) is 0 Å². The van der Waals surface area contributed by atoms with Crippen LogP contribution in [0.25, 0.3) is 0 Å². The summed E-state index contributed by atoms with van der Waals surface area (Å²) in [6, 6.07) is 11.6. The molecule has 0 aromatic heterocycles. The Morgan fingerprint density at radius 1 is 1.00 bits per heavy atom. The molecule has 2 rings (SSSR count). The van der Waals surface area contributed by atoms with Gasteiger partial charge in [-0.25, -0.2) is 4.39 Å². The number of halogens is 1. The minimum Gasteiger partial charge on any atom is -0.310 e. The Balaban J connectivity index is 1.95. The molecule has 0 amide bonds. The van der Waals surface area contributed by atoms with Crippen molar-refractivity contribution in [3.63, 3.8) is 0 Å². The Morgan fingerprint density at radius 3 is 2.14 bits per heavy atom. The fourth-order valence-corrected chi connectivity index (χ4v) is 2.81. The predicted octanol–water partition coefficient (Wildman–Crippen LogP) is 4.47. The average molecular weight is 285 g/mol. The van der Waals surface area contributed by atoms with Crippen LogP contribution >= 0.6 is 0 Å². The molecule has 1 unspecified atom stereocenters. The van der Waals surface area contributed by atoms with Gasteiger partial charge in [0, 0.05) is 12.6 Å². The largest absolute Gasteiger partial charge is 0.310 e. The van der Waals surface area contributed by atoms with Crippen LogP contribution in [0, 0.1) is 26.6 Å². The zero-order valence-electron chi connectivity index (χ0n) is 13.3. The van der Waals surface area contributed by atoms with Gasteiger partial charge in [-0.1, -0.05) is 29.8 Å². The SMILES string of the molecule is Cc1cc(C)c(CNC(C)Cc2ccc(F)cc2)c(C)c1. The number of benzene rings is 2. The highest BCUT2D eigenvalue weighted by atomic mass is 19.1. The molecule has 0 heterocycles. The Labute approximate surface area is 127 Å². The zero-order chi connectivity index (χ0) is 15.4. The second-order valence-corrected chi connectivity index (χ2v) is 5.99. The predicted molar refractivity (Wildman–Crippen MR) is 87.1 cm³/mol. The molecule has 1 N–H and O–H groups in total. The van der Waals surface area contributed by atoms with E-state index in [1.165, 1.54) is 34.4 Å². The molecular weight excluding hydrogens is 261 g/mol.